The zero-order valence-corrected chi connectivity index (χ0v) is 10.3. The molecule has 0 aliphatic heterocycles. The molecule has 0 saturated heterocycles. The quantitative estimate of drug-likeness (QED) is 0.628. The third kappa shape index (κ3) is 1.90. The fraction of sp³-hybridized carbons (Fsp3) is 0. The van der Waals surface area contributed by atoms with Gasteiger partial charge in [0.15, 0.2) is 0 Å². The molecule has 0 spiro atoms. The van der Waals surface area contributed by atoms with Crippen LogP contribution in [0.1, 0.15) is 15.2 Å². The predicted octanol–water partition coefficient (Wildman–Crippen LogP) is 4.33. The van der Waals surface area contributed by atoms with E-state index in [2.05, 4.69) is 0 Å². The number of halogens is 1. The summed E-state index contributed by atoms with van der Waals surface area (Å²) >= 11 is 3.06. The average Bonchev–Trinajstić information content (AvgIpc) is 2.88. The summed E-state index contributed by atoms with van der Waals surface area (Å²) in [5.41, 5.74) is 0.402. The van der Waals surface area contributed by atoms with E-state index in [1.807, 2.05) is 17.5 Å². The summed E-state index contributed by atoms with van der Waals surface area (Å²) in [6, 6.07) is 9.67. The minimum atomic E-state index is -0.380. The van der Waals surface area contributed by atoms with Gasteiger partial charge in [0.25, 0.3) is 0 Å². The zero-order chi connectivity index (χ0) is 11.8. The van der Waals surface area contributed by atoms with Crippen LogP contribution in [-0.4, -0.2) is 5.78 Å². The summed E-state index contributed by atoms with van der Waals surface area (Å²) in [6.07, 6.45) is 0. The largest absolute Gasteiger partial charge is 0.288 e. The molecule has 0 fully saturated rings. The van der Waals surface area contributed by atoms with Crippen molar-refractivity contribution in [2.45, 2.75) is 0 Å². The number of rotatable bonds is 2. The van der Waals surface area contributed by atoms with E-state index in [1.54, 1.807) is 23.5 Å². The molecule has 2 heterocycles. The molecule has 3 aromatic rings. The van der Waals surface area contributed by atoms with Crippen molar-refractivity contribution in [2.75, 3.05) is 0 Å². The van der Waals surface area contributed by atoms with Crippen LogP contribution in [0.3, 0.4) is 0 Å². The minimum Gasteiger partial charge on any atom is -0.288 e. The molecule has 0 radical (unpaired) electrons. The summed E-state index contributed by atoms with van der Waals surface area (Å²) in [6.45, 7) is 0. The molecule has 1 aromatic carbocycles. The van der Waals surface area contributed by atoms with Crippen molar-refractivity contribution in [2.24, 2.45) is 0 Å². The Balaban J connectivity index is 2.04. The summed E-state index contributed by atoms with van der Waals surface area (Å²) < 4.78 is 15.3. The molecule has 0 bridgehead atoms. The number of fused-ring (bicyclic) bond motifs is 1. The van der Waals surface area contributed by atoms with E-state index in [0.29, 0.717) is 10.4 Å². The molecule has 84 valence electrons. The molecule has 2 aromatic heterocycles. The van der Waals surface area contributed by atoms with E-state index in [1.165, 1.54) is 23.5 Å². The van der Waals surface area contributed by atoms with Crippen LogP contribution in [0.2, 0.25) is 0 Å². The molecule has 0 aliphatic carbocycles. The van der Waals surface area contributed by atoms with Gasteiger partial charge in [-0.15, -0.1) is 22.7 Å². The summed E-state index contributed by atoms with van der Waals surface area (Å²) in [5, 5.41) is 2.00. The lowest BCUT2D eigenvalue weighted by Crippen LogP contribution is -1.98. The summed E-state index contributed by atoms with van der Waals surface area (Å²) in [7, 11) is 0. The smallest absolute Gasteiger partial charge is 0.203 e. The normalized spacial score (nSPS) is 10.9. The SMILES string of the molecule is O=C(c1cccc(F)c1)c1cc2sccc2s1. The van der Waals surface area contributed by atoms with Crippen LogP contribution in [0.15, 0.2) is 41.8 Å². The van der Waals surface area contributed by atoms with Crippen LogP contribution >= 0.6 is 22.7 Å². The van der Waals surface area contributed by atoms with Gasteiger partial charge >= 0.3 is 0 Å². The Kier molecular flexibility index (Phi) is 2.53. The van der Waals surface area contributed by atoms with E-state index < -0.39 is 0 Å². The molecule has 0 atom stereocenters. The average molecular weight is 262 g/mol. The Labute approximate surface area is 105 Å². The molecule has 3 rings (SSSR count). The number of hydrogen-bond acceptors (Lipinski definition) is 3. The van der Waals surface area contributed by atoms with E-state index in [9.17, 15) is 9.18 Å². The molecule has 4 heteroatoms. The first-order chi connectivity index (χ1) is 8.24. The van der Waals surface area contributed by atoms with E-state index in [0.717, 1.165) is 9.40 Å². The highest BCUT2D eigenvalue weighted by atomic mass is 32.1. The molecule has 0 N–H and O–H groups in total. The van der Waals surface area contributed by atoms with Gasteiger partial charge in [0, 0.05) is 15.0 Å². The van der Waals surface area contributed by atoms with Crippen molar-refractivity contribution in [3.63, 3.8) is 0 Å². The summed E-state index contributed by atoms with van der Waals surface area (Å²) in [4.78, 5) is 12.8. The predicted molar refractivity (Wildman–Crippen MR) is 69.5 cm³/mol. The highest BCUT2D eigenvalue weighted by Crippen LogP contribution is 2.31. The molecule has 0 unspecified atom stereocenters. The Bertz CT molecular complexity index is 668. The van der Waals surface area contributed by atoms with Crippen LogP contribution < -0.4 is 0 Å². The van der Waals surface area contributed by atoms with Gasteiger partial charge in [-0.1, -0.05) is 12.1 Å². The maximum atomic E-state index is 13.0. The van der Waals surface area contributed by atoms with Crippen LogP contribution in [0.5, 0.6) is 0 Å². The molecular weight excluding hydrogens is 255 g/mol. The second-order valence-electron chi connectivity index (χ2n) is 3.60. The minimum absolute atomic E-state index is 0.113. The third-order valence-corrected chi connectivity index (χ3v) is 4.54. The van der Waals surface area contributed by atoms with Gasteiger partial charge in [-0.2, -0.15) is 0 Å². The van der Waals surface area contributed by atoms with Crippen LogP contribution in [0.4, 0.5) is 4.39 Å². The van der Waals surface area contributed by atoms with Crippen molar-refractivity contribution < 1.29 is 9.18 Å². The van der Waals surface area contributed by atoms with E-state index in [-0.39, 0.29) is 11.6 Å². The highest BCUT2D eigenvalue weighted by Gasteiger charge is 2.13. The monoisotopic (exact) mass is 262 g/mol. The van der Waals surface area contributed by atoms with Crippen molar-refractivity contribution in [1.82, 2.24) is 0 Å². The van der Waals surface area contributed by atoms with Gasteiger partial charge in [0.2, 0.25) is 5.78 Å². The van der Waals surface area contributed by atoms with Gasteiger partial charge in [-0.05, 0) is 29.6 Å². The number of ketones is 1. The maximum Gasteiger partial charge on any atom is 0.203 e. The van der Waals surface area contributed by atoms with Gasteiger partial charge in [0.1, 0.15) is 5.82 Å². The molecule has 0 saturated carbocycles. The van der Waals surface area contributed by atoms with Crippen molar-refractivity contribution in [3.8, 4) is 0 Å². The highest BCUT2D eigenvalue weighted by molar-refractivity contribution is 7.28. The van der Waals surface area contributed by atoms with Crippen molar-refractivity contribution in [1.29, 1.82) is 0 Å². The number of benzene rings is 1. The Hall–Kier alpha value is -1.52. The molecular formula is C13H7FOS2. The van der Waals surface area contributed by atoms with Crippen molar-refractivity contribution >= 4 is 37.9 Å². The zero-order valence-electron chi connectivity index (χ0n) is 8.64. The number of hydrogen-bond donors (Lipinski definition) is 0. The summed E-state index contributed by atoms with van der Waals surface area (Å²) in [5.74, 6) is -0.493. The lowest BCUT2D eigenvalue weighted by Gasteiger charge is -1.97. The van der Waals surface area contributed by atoms with Gasteiger partial charge < -0.3 is 0 Å². The second kappa shape index (κ2) is 4.05. The molecule has 0 aliphatic rings. The lowest BCUT2D eigenvalue weighted by atomic mass is 10.1. The van der Waals surface area contributed by atoms with Gasteiger partial charge in [-0.25, -0.2) is 4.39 Å². The van der Waals surface area contributed by atoms with E-state index >= 15 is 0 Å². The van der Waals surface area contributed by atoms with E-state index in [4.69, 9.17) is 0 Å². The first kappa shape index (κ1) is 10.6. The Morgan fingerprint density at radius 2 is 2.00 bits per heavy atom. The van der Waals surface area contributed by atoms with Crippen molar-refractivity contribution in [3.05, 3.63) is 58.0 Å². The maximum absolute atomic E-state index is 13.0. The lowest BCUT2D eigenvalue weighted by molar-refractivity contribution is 0.104. The van der Waals surface area contributed by atoms with Crippen LogP contribution in [0, 0.1) is 5.82 Å². The fourth-order valence-corrected chi connectivity index (χ4v) is 3.72. The topological polar surface area (TPSA) is 17.1 Å². The van der Waals surface area contributed by atoms with Gasteiger partial charge in [-0.3, -0.25) is 4.79 Å². The number of thiophene rings is 2. The first-order valence-corrected chi connectivity index (χ1v) is 6.71. The Morgan fingerprint density at radius 3 is 2.76 bits per heavy atom. The van der Waals surface area contributed by atoms with Crippen LogP contribution in [0.25, 0.3) is 9.40 Å². The third-order valence-electron chi connectivity index (χ3n) is 2.45. The van der Waals surface area contributed by atoms with Gasteiger partial charge in [0.05, 0.1) is 4.88 Å². The standard InChI is InChI=1S/C13H7FOS2/c14-9-3-1-2-8(6-9)13(15)12-7-11-10(17-12)4-5-16-11/h1-7H. The second-order valence-corrected chi connectivity index (χ2v) is 5.63. The van der Waals surface area contributed by atoms with Crippen LogP contribution in [-0.2, 0) is 0 Å². The number of carbonyl (C=O) groups is 1. The Morgan fingerprint density at radius 1 is 1.12 bits per heavy atom. The molecule has 0 amide bonds. The fourth-order valence-electron chi connectivity index (χ4n) is 1.65. The molecule has 17 heavy (non-hydrogen) atoms. The first-order valence-electron chi connectivity index (χ1n) is 5.01. The molecule has 1 nitrogen and oxygen atoms in total. The number of carbonyl (C=O) groups excluding carboxylic acids is 1.